The molecule has 0 spiro atoms. The van der Waals surface area contributed by atoms with Gasteiger partial charge in [0, 0.05) is 17.5 Å². The van der Waals surface area contributed by atoms with Gasteiger partial charge >= 0.3 is 0 Å². The lowest BCUT2D eigenvalue weighted by atomic mass is 10.1. The number of methoxy groups -OCH3 is 2. The van der Waals surface area contributed by atoms with E-state index in [0.29, 0.717) is 11.5 Å². The molecule has 4 nitrogen and oxygen atoms in total. The van der Waals surface area contributed by atoms with Gasteiger partial charge in [-0.2, -0.15) is 4.40 Å². The van der Waals surface area contributed by atoms with Crippen molar-refractivity contribution < 1.29 is 19.0 Å². The van der Waals surface area contributed by atoms with Crippen molar-refractivity contribution >= 4 is 16.3 Å². The van der Waals surface area contributed by atoms with Crippen LogP contribution in [-0.2, 0) is 0 Å². The van der Waals surface area contributed by atoms with Gasteiger partial charge in [0.25, 0.3) is 0 Å². The molecule has 4 heteroatoms. The van der Waals surface area contributed by atoms with Gasteiger partial charge in [-0.3, -0.25) is 0 Å². The SMILES string of the molecule is COc1cc2c(O)c[n+]3ccccc3c2cc1OC. The number of hydrogen-bond acceptors (Lipinski definition) is 3. The van der Waals surface area contributed by atoms with Crippen LogP contribution in [0.5, 0.6) is 17.2 Å². The Morgan fingerprint density at radius 2 is 1.68 bits per heavy atom. The van der Waals surface area contributed by atoms with Crippen LogP contribution in [0.15, 0.2) is 42.7 Å². The first-order valence-electron chi connectivity index (χ1n) is 5.92. The maximum Gasteiger partial charge on any atom is 0.218 e. The number of aromatic hydroxyl groups is 1. The molecule has 0 bridgehead atoms. The molecule has 2 heterocycles. The number of fused-ring (bicyclic) bond motifs is 3. The Labute approximate surface area is 110 Å². The van der Waals surface area contributed by atoms with Crippen molar-refractivity contribution in [2.75, 3.05) is 14.2 Å². The van der Waals surface area contributed by atoms with Gasteiger partial charge in [0.05, 0.1) is 19.6 Å². The zero-order valence-electron chi connectivity index (χ0n) is 10.8. The van der Waals surface area contributed by atoms with Crippen LogP contribution in [0.3, 0.4) is 0 Å². The third-order valence-electron chi connectivity index (χ3n) is 3.23. The highest BCUT2D eigenvalue weighted by atomic mass is 16.5. The Morgan fingerprint density at radius 1 is 1.00 bits per heavy atom. The number of nitrogens with zero attached hydrogens (tertiary/aromatic N) is 1. The fraction of sp³-hybridized carbons (Fsp3) is 0.133. The lowest BCUT2D eigenvalue weighted by Crippen LogP contribution is -2.20. The molecule has 3 aromatic rings. The number of pyridine rings is 2. The highest BCUT2D eigenvalue weighted by molar-refractivity contribution is 5.99. The number of aromatic nitrogens is 1. The van der Waals surface area contributed by atoms with Crippen molar-refractivity contribution in [2.24, 2.45) is 0 Å². The second kappa shape index (κ2) is 4.31. The van der Waals surface area contributed by atoms with E-state index < -0.39 is 0 Å². The average Bonchev–Trinajstić information content (AvgIpc) is 2.46. The molecule has 3 rings (SSSR count). The number of benzene rings is 1. The quantitative estimate of drug-likeness (QED) is 0.565. The van der Waals surface area contributed by atoms with Crippen LogP contribution in [0.1, 0.15) is 0 Å². The van der Waals surface area contributed by atoms with Gasteiger partial charge in [0.2, 0.25) is 11.7 Å². The summed E-state index contributed by atoms with van der Waals surface area (Å²) in [5, 5.41) is 11.8. The van der Waals surface area contributed by atoms with Crippen LogP contribution in [0.25, 0.3) is 16.3 Å². The molecule has 0 aliphatic rings. The summed E-state index contributed by atoms with van der Waals surface area (Å²) in [6.45, 7) is 0. The average molecular weight is 256 g/mol. The van der Waals surface area contributed by atoms with Crippen molar-refractivity contribution in [2.45, 2.75) is 0 Å². The van der Waals surface area contributed by atoms with Crippen molar-refractivity contribution in [1.82, 2.24) is 0 Å². The van der Waals surface area contributed by atoms with E-state index in [-0.39, 0.29) is 5.75 Å². The van der Waals surface area contributed by atoms with E-state index in [1.54, 1.807) is 26.5 Å². The van der Waals surface area contributed by atoms with E-state index >= 15 is 0 Å². The molecule has 0 aliphatic carbocycles. The Bertz CT molecular complexity index is 768. The first kappa shape index (κ1) is 11.6. The second-order valence-electron chi connectivity index (χ2n) is 4.26. The first-order chi connectivity index (χ1) is 9.24. The minimum absolute atomic E-state index is 0.208. The number of ether oxygens (including phenoxy) is 2. The van der Waals surface area contributed by atoms with Crippen molar-refractivity contribution in [3.8, 4) is 17.2 Å². The summed E-state index contributed by atoms with van der Waals surface area (Å²) >= 11 is 0. The fourth-order valence-corrected chi connectivity index (χ4v) is 2.30. The Kier molecular flexibility index (Phi) is 2.63. The Morgan fingerprint density at radius 3 is 2.37 bits per heavy atom. The summed E-state index contributed by atoms with van der Waals surface area (Å²) in [6, 6.07) is 9.54. The minimum atomic E-state index is 0.208. The van der Waals surface area contributed by atoms with Crippen molar-refractivity contribution in [3.05, 3.63) is 42.7 Å². The molecule has 0 unspecified atom stereocenters. The molecule has 1 aromatic carbocycles. The van der Waals surface area contributed by atoms with Gasteiger partial charge in [-0.1, -0.05) is 0 Å². The highest BCUT2D eigenvalue weighted by Gasteiger charge is 2.16. The monoisotopic (exact) mass is 256 g/mol. The highest BCUT2D eigenvalue weighted by Crippen LogP contribution is 2.36. The summed E-state index contributed by atoms with van der Waals surface area (Å²) in [4.78, 5) is 0. The molecule has 96 valence electrons. The third-order valence-corrected chi connectivity index (χ3v) is 3.23. The maximum absolute atomic E-state index is 10.1. The van der Waals surface area contributed by atoms with E-state index in [1.807, 2.05) is 34.9 Å². The van der Waals surface area contributed by atoms with E-state index in [0.717, 1.165) is 16.3 Å². The standard InChI is InChI=1S/C15H13NO3/c1-18-14-7-10-11(8-15(14)19-2)13(17)9-16-6-4-3-5-12(10)16/h3-9H,1-2H3/p+1. The molecular weight excluding hydrogens is 242 g/mol. The first-order valence-corrected chi connectivity index (χ1v) is 5.92. The van der Waals surface area contributed by atoms with Gasteiger partial charge in [-0.15, -0.1) is 0 Å². The van der Waals surface area contributed by atoms with E-state index in [9.17, 15) is 5.11 Å². The fourth-order valence-electron chi connectivity index (χ4n) is 2.30. The molecule has 19 heavy (non-hydrogen) atoms. The number of rotatable bonds is 2. The van der Waals surface area contributed by atoms with Crippen LogP contribution < -0.4 is 13.9 Å². The van der Waals surface area contributed by atoms with E-state index in [4.69, 9.17) is 9.47 Å². The number of hydrogen-bond donors (Lipinski definition) is 1. The molecule has 1 N–H and O–H groups in total. The van der Waals surface area contributed by atoms with Crippen LogP contribution in [0.2, 0.25) is 0 Å². The molecule has 2 aromatic heterocycles. The topological polar surface area (TPSA) is 42.8 Å². The maximum atomic E-state index is 10.1. The Balaban J connectivity index is 2.49. The largest absolute Gasteiger partial charge is 0.502 e. The summed E-state index contributed by atoms with van der Waals surface area (Å²) in [5.41, 5.74) is 0.997. The molecule has 0 saturated heterocycles. The molecule has 0 fully saturated rings. The molecule has 0 aliphatic heterocycles. The van der Waals surface area contributed by atoms with Gasteiger partial charge in [-0.25, -0.2) is 0 Å². The van der Waals surface area contributed by atoms with Crippen molar-refractivity contribution in [3.63, 3.8) is 0 Å². The van der Waals surface area contributed by atoms with Gasteiger partial charge < -0.3 is 14.6 Å². The van der Waals surface area contributed by atoms with Crippen LogP contribution in [-0.4, -0.2) is 19.3 Å². The van der Waals surface area contributed by atoms with Gasteiger partial charge in [-0.05, 0) is 18.2 Å². The van der Waals surface area contributed by atoms with Crippen LogP contribution in [0.4, 0.5) is 0 Å². The van der Waals surface area contributed by atoms with Crippen molar-refractivity contribution in [1.29, 1.82) is 0 Å². The normalized spacial score (nSPS) is 10.8. The summed E-state index contributed by atoms with van der Waals surface area (Å²) < 4.78 is 12.5. The van der Waals surface area contributed by atoms with E-state index in [1.165, 1.54) is 0 Å². The van der Waals surface area contributed by atoms with Crippen LogP contribution in [0, 0.1) is 0 Å². The van der Waals surface area contributed by atoms with Gasteiger partial charge in [0.15, 0.2) is 23.4 Å². The summed E-state index contributed by atoms with van der Waals surface area (Å²) in [7, 11) is 3.18. The predicted molar refractivity (Wildman–Crippen MR) is 71.9 cm³/mol. The van der Waals surface area contributed by atoms with E-state index in [2.05, 4.69) is 0 Å². The minimum Gasteiger partial charge on any atom is -0.502 e. The zero-order valence-corrected chi connectivity index (χ0v) is 10.8. The summed E-state index contributed by atoms with van der Waals surface area (Å²) in [6.07, 6.45) is 3.58. The zero-order chi connectivity index (χ0) is 13.4. The predicted octanol–water partition coefficient (Wildman–Crippen LogP) is 2.30. The molecule has 0 atom stereocenters. The molecule has 0 saturated carbocycles. The van der Waals surface area contributed by atoms with Crippen LogP contribution >= 0.6 is 0 Å². The molecular formula is C15H14NO3+. The molecule has 0 radical (unpaired) electrons. The third kappa shape index (κ3) is 1.73. The second-order valence-corrected chi connectivity index (χ2v) is 4.26. The molecule has 0 amide bonds. The van der Waals surface area contributed by atoms with Gasteiger partial charge in [0.1, 0.15) is 0 Å². The lowest BCUT2D eigenvalue weighted by molar-refractivity contribution is -0.511. The Hall–Kier alpha value is -2.49. The summed E-state index contributed by atoms with van der Waals surface area (Å²) in [5.74, 6) is 1.46. The smallest absolute Gasteiger partial charge is 0.218 e. The lowest BCUT2D eigenvalue weighted by Gasteiger charge is -2.09.